The van der Waals surface area contributed by atoms with Crippen LogP contribution in [-0.4, -0.2) is 6.54 Å². The van der Waals surface area contributed by atoms with Gasteiger partial charge in [-0.25, -0.2) is 0 Å². The summed E-state index contributed by atoms with van der Waals surface area (Å²) in [4.78, 5) is 1.18. The normalized spacial score (nSPS) is 10.7. The van der Waals surface area contributed by atoms with Gasteiger partial charge >= 0.3 is 0 Å². The Labute approximate surface area is 128 Å². The van der Waals surface area contributed by atoms with Crippen LogP contribution in [-0.2, 0) is 12.2 Å². The van der Waals surface area contributed by atoms with E-state index in [0.717, 1.165) is 33.3 Å². The molecule has 0 aliphatic heterocycles. The van der Waals surface area contributed by atoms with Crippen LogP contribution in [0.3, 0.4) is 0 Å². The lowest BCUT2D eigenvalue weighted by atomic mass is 10.1. The lowest BCUT2D eigenvalue weighted by Gasteiger charge is -2.11. The summed E-state index contributed by atoms with van der Waals surface area (Å²) in [6.45, 7) is 0.601. The van der Waals surface area contributed by atoms with Crippen molar-refractivity contribution in [3.63, 3.8) is 0 Å². The van der Waals surface area contributed by atoms with Crippen LogP contribution >= 0.6 is 35.0 Å². The van der Waals surface area contributed by atoms with Crippen molar-refractivity contribution in [2.75, 3.05) is 6.54 Å². The Bertz CT molecular complexity index is 558. The summed E-state index contributed by atoms with van der Waals surface area (Å²) in [5.74, 6) is 0.831. The fraction of sp³-hybridized carbons (Fsp3) is 0.200. The fourth-order valence-electron chi connectivity index (χ4n) is 1.83. The van der Waals surface area contributed by atoms with Crippen molar-refractivity contribution in [2.24, 2.45) is 5.73 Å². The van der Waals surface area contributed by atoms with E-state index in [1.54, 1.807) is 11.8 Å². The third kappa shape index (κ3) is 3.90. The van der Waals surface area contributed by atoms with Gasteiger partial charge in [-0.1, -0.05) is 47.5 Å². The first-order valence-electron chi connectivity index (χ1n) is 6.06. The number of thioether (sulfide) groups is 1. The molecule has 0 fully saturated rings. The lowest BCUT2D eigenvalue weighted by Crippen LogP contribution is -2.04. The van der Waals surface area contributed by atoms with Gasteiger partial charge in [0.2, 0.25) is 0 Å². The molecule has 0 aromatic heterocycles. The van der Waals surface area contributed by atoms with Crippen LogP contribution in [0.15, 0.2) is 47.4 Å². The average Bonchev–Trinajstić information content (AvgIpc) is 2.41. The minimum absolute atomic E-state index is 0.601. The third-order valence-electron chi connectivity index (χ3n) is 2.81. The van der Waals surface area contributed by atoms with Crippen LogP contribution in [0.25, 0.3) is 0 Å². The zero-order valence-corrected chi connectivity index (χ0v) is 12.7. The van der Waals surface area contributed by atoms with Gasteiger partial charge < -0.3 is 5.73 Å². The molecule has 2 aromatic carbocycles. The topological polar surface area (TPSA) is 26.0 Å². The number of hydrogen-bond acceptors (Lipinski definition) is 2. The van der Waals surface area contributed by atoms with E-state index in [4.69, 9.17) is 28.9 Å². The Hall–Kier alpha value is -0.670. The van der Waals surface area contributed by atoms with Gasteiger partial charge in [0, 0.05) is 20.7 Å². The van der Waals surface area contributed by atoms with Crippen molar-refractivity contribution in [3.05, 3.63) is 63.6 Å². The molecule has 0 saturated carbocycles. The van der Waals surface area contributed by atoms with Crippen LogP contribution in [0.4, 0.5) is 0 Å². The number of rotatable bonds is 5. The zero-order valence-electron chi connectivity index (χ0n) is 10.4. The second-order valence-electron chi connectivity index (χ2n) is 4.14. The standard InChI is InChI=1S/C15H15Cl2NS/c16-13-5-2-1-4-11(13)10-19-15-7-3-6-14(17)12(15)8-9-18/h1-7H,8-10,18H2. The average molecular weight is 312 g/mol. The van der Waals surface area contributed by atoms with Crippen LogP contribution in [0, 0.1) is 0 Å². The minimum Gasteiger partial charge on any atom is -0.330 e. The minimum atomic E-state index is 0.601. The Morgan fingerprint density at radius 1 is 0.947 bits per heavy atom. The molecule has 2 N–H and O–H groups in total. The molecule has 0 heterocycles. The molecule has 2 rings (SSSR count). The first-order valence-corrected chi connectivity index (χ1v) is 7.80. The molecule has 1 nitrogen and oxygen atoms in total. The zero-order chi connectivity index (χ0) is 13.7. The molecule has 100 valence electrons. The first-order chi connectivity index (χ1) is 9.22. The summed E-state index contributed by atoms with van der Waals surface area (Å²) >= 11 is 14.1. The molecule has 2 aromatic rings. The predicted octanol–water partition coefficient (Wildman–Crippen LogP) is 4.79. The van der Waals surface area contributed by atoms with E-state index < -0.39 is 0 Å². The van der Waals surface area contributed by atoms with Crippen LogP contribution < -0.4 is 5.73 Å². The summed E-state index contributed by atoms with van der Waals surface area (Å²) in [5.41, 5.74) is 7.90. The Balaban J connectivity index is 2.16. The smallest absolute Gasteiger partial charge is 0.0449 e. The van der Waals surface area contributed by atoms with Gasteiger partial charge in [-0.3, -0.25) is 0 Å². The van der Waals surface area contributed by atoms with E-state index in [2.05, 4.69) is 6.07 Å². The number of nitrogens with two attached hydrogens (primary N) is 1. The number of halogens is 2. The molecule has 0 amide bonds. The largest absolute Gasteiger partial charge is 0.330 e. The van der Waals surface area contributed by atoms with Crippen molar-refractivity contribution < 1.29 is 0 Å². The summed E-state index contributed by atoms with van der Waals surface area (Å²) in [6, 6.07) is 13.9. The maximum atomic E-state index is 6.23. The summed E-state index contributed by atoms with van der Waals surface area (Å²) in [6.07, 6.45) is 0.796. The number of hydrogen-bond donors (Lipinski definition) is 1. The van der Waals surface area contributed by atoms with Crippen LogP contribution in [0.2, 0.25) is 10.0 Å². The quantitative estimate of drug-likeness (QED) is 0.804. The monoisotopic (exact) mass is 311 g/mol. The van der Waals surface area contributed by atoms with Gasteiger partial charge in [0.15, 0.2) is 0 Å². The second kappa shape index (κ2) is 7.20. The van der Waals surface area contributed by atoms with Gasteiger partial charge in [0.1, 0.15) is 0 Å². The maximum absolute atomic E-state index is 6.23. The highest BCUT2D eigenvalue weighted by atomic mass is 35.5. The lowest BCUT2D eigenvalue weighted by molar-refractivity contribution is 0.944. The van der Waals surface area contributed by atoms with Gasteiger partial charge in [-0.05, 0) is 42.3 Å². The van der Waals surface area contributed by atoms with E-state index in [1.807, 2.05) is 36.4 Å². The molecule has 0 spiro atoms. The molecule has 4 heteroatoms. The van der Waals surface area contributed by atoms with Gasteiger partial charge in [0.25, 0.3) is 0 Å². The molecular weight excluding hydrogens is 297 g/mol. The second-order valence-corrected chi connectivity index (χ2v) is 5.97. The Kier molecular flexibility index (Phi) is 5.59. The summed E-state index contributed by atoms with van der Waals surface area (Å²) in [5, 5.41) is 1.59. The molecule has 0 aliphatic rings. The van der Waals surface area contributed by atoms with E-state index >= 15 is 0 Å². The van der Waals surface area contributed by atoms with Gasteiger partial charge in [-0.15, -0.1) is 11.8 Å². The van der Waals surface area contributed by atoms with Crippen molar-refractivity contribution in [2.45, 2.75) is 17.1 Å². The molecule has 0 radical (unpaired) electrons. The molecule has 0 aliphatic carbocycles. The van der Waals surface area contributed by atoms with Crippen molar-refractivity contribution in [1.29, 1.82) is 0 Å². The van der Waals surface area contributed by atoms with Crippen molar-refractivity contribution in [3.8, 4) is 0 Å². The van der Waals surface area contributed by atoms with Crippen LogP contribution in [0.1, 0.15) is 11.1 Å². The highest BCUT2D eigenvalue weighted by Gasteiger charge is 2.08. The molecule has 19 heavy (non-hydrogen) atoms. The van der Waals surface area contributed by atoms with Gasteiger partial charge in [0.05, 0.1) is 0 Å². The first kappa shape index (κ1) is 14.7. The summed E-state index contributed by atoms with van der Waals surface area (Å²) < 4.78 is 0. The molecule has 0 bridgehead atoms. The van der Waals surface area contributed by atoms with Crippen molar-refractivity contribution in [1.82, 2.24) is 0 Å². The molecule has 0 atom stereocenters. The highest BCUT2D eigenvalue weighted by molar-refractivity contribution is 7.98. The Morgan fingerprint density at radius 3 is 2.42 bits per heavy atom. The van der Waals surface area contributed by atoms with E-state index in [1.165, 1.54) is 4.90 Å². The molecule has 0 unspecified atom stereocenters. The predicted molar refractivity (Wildman–Crippen MR) is 85.2 cm³/mol. The third-order valence-corrected chi connectivity index (χ3v) is 4.68. The molecular formula is C15H15Cl2NS. The van der Waals surface area contributed by atoms with Gasteiger partial charge in [-0.2, -0.15) is 0 Å². The SMILES string of the molecule is NCCc1c(Cl)cccc1SCc1ccccc1Cl. The summed E-state index contributed by atoms with van der Waals surface area (Å²) in [7, 11) is 0. The number of benzene rings is 2. The van der Waals surface area contributed by atoms with Crippen LogP contribution in [0.5, 0.6) is 0 Å². The Morgan fingerprint density at radius 2 is 1.68 bits per heavy atom. The maximum Gasteiger partial charge on any atom is 0.0449 e. The highest BCUT2D eigenvalue weighted by Crippen LogP contribution is 2.32. The fourth-order valence-corrected chi connectivity index (χ4v) is 3.56. The van der Waals surface area contributed by atoms with Crippen molar-refractivity contribution >= 4 is 35.0 Å². The van der Waals surface area contributed by atoms with E-state index in [9.17, 15) is 0 Å². The van der Waals surface area contributed by atoms with E-state index in [-0.39, 0.29) is 0 Å². The van der Waals surface area contributed by atoms with E-state index in [0.29, 0.717) is 6.54 Å². The molecule has 0 saturated heterocycles.